The highest BCUT2D eigenvalue weighted by atomic mass is 16.3. The molecule has 6 heteroatoms. The first-order valence-electron chi connectivity index (χ1n) is 9.61. The van der Waals surface area contributed by atoms with E-state index in [1.807, 2.05) is 30.3 Å². The van der Waals surface area contributed by atoms with Crippen LogP contribution in [0.5, 0.6) is 5.75 Å². The SMILES string of the molecule is CC(c1ccccc1)n1ccc2c(/C=N/NC(=O)c3ccc(O)c(N)c3)cccc21. The number of carbonyl (C=O) groups excluding carboxylic acids is 1. The molecular weight excluding hydrogens is 376 g/mol. The average Bonchev–Trinajstić information content (AvgIpc) is 3.20. The second-order valence-electron chi connectivity index (χ2n) is 7.06. The molecule has 4 aromatic rings. The lowest BCUT2D eigenvalue weighted by molar-refractivity contribution is 0.0955. The maximum atomic E-state index is 12.2. The number of carbonyl (C=O) groups is 1. The van der Waals surface area contributed by atoms with Gasteiger partial charge in [-0.25, -0.2) is 5.43 Å². The standard InChI is InChI=1S/C24H22N4O2/c1-16(17-6-3-2-4-7-17)28-13-12-20-19(8-5-9-22(20)28)15-26-27-24(30)18-10-11-23(29)21(25)14-18/h2-16,29H,25H2,1H3,(H,27,30)/b26-15+. The van der Waals surface area contributed by atoms with Crippen molar-refractivity contribution < 1.29 is 9.90 Å². The number of nitrogens with one attached hydrogen (secondary N) is 1. The number of amides is 1. The zero-order valence-electron chi connectivity index (χ0n) is 16.5. The van der Waals surface area contributed by atoms with Crippen LogP contribution in [0.15, 0.2) is 84.1 Å². The summed E-state index contributed by atoms with van der Waals surface area (Å²) < 4.78 is 2.22. The minimum atomic E-state index is -0.402. The van der Waals surface area contributed by atoms with Crippen LogP contribution < -0.4 is 11.2 Å². The minimum absolute atomic E-state index is 0.0593. The van der Waals surface area contributed by atoms with Gasteiger partial charge >= 0.3 is 0 Å². The first-order chi connectivity index (χ1) is 14.5. The highest BCUT2D eigenvalue weighted by Crippen LogP contribution is 2.26. The number of nitrogens with zero attached hydrogens (tertiary/aromatic N) is 2. The lowest BCUT2D eigenvalue weighted by Gasteiger charge is -2.16. The fourth-order valence-electron chi connectivity index (χ4n) is 3.48. The monoisotopic (exact) mass is 398 g/mol. The molecule has 0 radical (unpaired) electrons. The molecule has 150 valence electrons. The van der Waals surface area contributed by atoms with E-state index in [-0.39, 0.29) is 17.5 Å². The number of phenolic OH excluding ortho intramolecular Hbond substituents is 1. The smallest absolute Gasteiger partial charge is 0.271 e. The molecule has 0 aliphatic rings. The molecule has 0 saturated heterocycles. The number of aromatic nitrogens is 1. The third-order valence-electron chi connectivity index (χ3n) is 5.16. The van der Waals surface area contributed by atoms with E-state index in [4.69, 9.17) is 5.73 Å². The molecule has 30 heavy (non-hydrogen) atoms. The Kier molecular flexibility index (Phi) is 5.22. The maximum absolute atomic E-state index is 12.2. The number of benzene rings is 3. The first-order valence-corrected chi connectivity index (χ1v) is 9.61. The van der Waals surface area contributed by atoms with Crippen LogP contribution in [0.4, 0.5) is 5.69 Å². The van der Waals surface area contributed by atoms with E-state index in [0.717, 1.165) is 16.5 Å². The predicted molar refractivity (Wildman–Crippen MR) is 120 cm³/mol. The van der Waals surface area contributed by atoms with E-state index in [9.17, 15) is 9.90 Å². The Morgan fingerprint density at radius 2 is 1.90 bits per heavy atom. The highest BCUT2D eigenvalue weighted by Gasteiger charge is 2.12. The van der Waals surface area contributed by atoms with Crippen molar-refractivity contribution in [1.29, 1.82) is 0 Å². The van der Waals surface area contributed by atoms with Gasteiger partial charge in [0.2, 0.25) is 0 Å². The normalized spacial score (nSPS) is 12.3. The van der Waals surface area contributed by atoms with Gasteiger partial charge in [0.25, 0.3) is 5.91 Å². The Balaban J connectivity index is 1.55. The van der Waals surface area contributed by atoms with Gasteiger partial charge in [-0.15, -0.1) is 0 Å². The molecular formula is C24H22N4O2. The zero-order chi connectivity index (χ0) is 21.1. The van der Waals surface area contributed by atoms with E-state index in [0.29, 0.717) is 5.56 Å². The second kappa shape index (κ2) is 8.13. The van der Waals surface area contributed by atoms with Crippen LogP contribution in [-0.4, -0.2) is 21.8 Å². The van der Waals surface area contributed by atoms with Gasteiger partial charge in [-0.2, -0.15) is 5.10 Å². The third kappa shape index (κ3) is 3.75. The van der Waals surface area contributed by atoms with E-state index < -0.39 is 5.91 Å². The summed E-state index contributed by atoms with van der Waals surface area (Å²) in [5, 5.41) is 14.6. The van der Waals surface area contributed by atoms with Gasteiger partial charge in [0.05, 0.1) is 17.9 Å². The molecule has 0 bridgehead atoms. The number of hydrazone groups is 1. The summed E-state index contributed by atoms with van der Waals surface area (Å²) in [5.74, 6) is -0.462. The fourth-order valence-corrected chi connectivity index (χ4v) is 3.48. The number of hydrogen-bond donors (Lipinski definition) is 3. The molecule has 1 atom stereocenters. The van der Waals surface area contributed by atoms with Crippen LogP contribution in [0.1, 0.15) is 34.5 Å². The van der Waals surface area contributed by atoms with Crippen molar-refractivity contribution in [2.45, 2.75) is 13.0 Å². The van der Waals surface area contributed by atoms with Crippen LogP contribution in [0.3, 0.4) is 0 Å². The lowest BCUT2D eigenvalue weighted by atomic mass is 10.1. The van der Waals surface area contributed by atoms with Gasteiger partial charge in [0.1, 0.15) is 5.75 Å². The summed E-state index contributed by atoms with van der Waals surface area (Å²) in [5.41, 5.74) is 11.8. The topological polar surface area (TPSA) is 92.6 Å². The second-order valence-corrected chi connectivity index (χ2v) is 7.06. The maximum Gasteiger partial charge on any atom is 0.271 e. The van der Waals surface area contributed by atoms with Crippen molar-refractivity contribution in [3.8, 4) is 5.75 Å². The number of rotatable bonds is 5. The predicted octanol–water partition coefficient (Wildman–Crippen LogP) is 4.30. The Labute approximate surface area is 174 Å². The molecule has 3 aromatic carbocycles. The lowest BCUT2D eigenvalue weighted by Crippen LogP contribution is -2.17. The van der Waals surface area contributed by atoms with Gasteiger partial charge in [0.15, 0.2) is 0 Å². The minimum Gasteiger partial charge on any atom is -0.506 e. The van der Waals surface area contributed by atoms with E-state index in [2.05, 4.69) is 52.5 Å². The highest BCUT2D eigenvalue weighted by molar-refractivity contribution is 6.00. The van der Waals surface area contributed by atoms with Crippen LogP contribution in [0.2, 0.25) is 0 Å². The van der Waals surface area contributed by atoms with Gasteiger partial charge < -0.3 is 15.4 Å². The molecule has 0 fully saturated rings. The van der Waals surface area contributed by atoms with Crippen molar-refractivity contribution in [3.05, 3.63) is 95.7 Å². The molecule has 1 aromatic heterocycles. The summed E-state index contributed by atoms with van der Waals surface area (Å²) in [6, 6.07) is 22.9. The van der Waals surface area contributed by atoms with E-state index in [1.165, 1.54) is 23.8 Å². The molecule has 4 rings (SSSR count). The molecule has 0 aliphatic carbocycles. The molecule has 4 N–H and O–H groups in total. The Morgan fingerprint density at radius 1 is 1.10 bits per heavy atom. The summed E-state index contributed by atoms with van der Waals surface area (Å²) in [6.45, 7) is 2.17. The third-order valence-corrected chi connectivity index (χ3v) is 5.16. The number of phenols is 1. The fraction of sp³-hybridized carbons (Fsp3) is 0.0833. The number of anilines is 1. The molecule has 6 nitrogen and oxygen atoms in total. The van der Waals surface area contributed by atoms with Crippen LogP contribution in [0, 0.1) is 0 Å². The zero-order valence-corrected chi connectivity index (χ0v) is 16.5. The van der Waals surface area contributed by atoms with E-state index >= 15 is 0 Å². The molecule has 1 heterocycles. The Morgan fingerprint density at radius 3 is 2.67 bits per heavy atom. The summed E-state index contributed by atoms with van der Waals surface area (Å²) in [6.07, 6.45) is 3.69. The summed E-state index contributed by atoms with van der Waals surface area (Å²) >= 11 is 0. The molecule has 1 unspecified atom stereocenters. The largest absolute Gasteiger partial charge is 0.506 e. The molecule has 1 amide bonds. The van der Waals surface area contributed by atoms with Crippen molar-refractivity contribution in [2.24, 2.45) is 5.10 Å². The summed E-state index contributed by atoms with van der Waals surface area (Å²) in [7, 11) is 0. The van der Waals surface area contributed by atoms with Crippen LogP contribution in [-0.2, 0) is 0 Å². The van der Waals surface area contributed by atoms with Crippen molar-refractivity contribution >= 4 is 28.7 Å². The van der Waals surface area contributed by atoms with Gasteiger partial charge in [0, 0.05) is 28.2 Å². The first kappa shape index (κ1) is 19.3. The van der Waals surface area contributed by atoms with Crippen molar-refractivity contribution in [2.75, 3.05) is 5.73 Å². The number of nitrogen functional groups attached to an aromatic ring is 1. The van der Waals surface area contributed by atoms with Gasteiger partial charge in [-0.05, 0) is 42.8 Å². The summed E-state index contributed by atoms with van der Waals surface area (Å²) in [4.78, 5) is 12.2. The average molecular weight is 398 g/mol. The molecule has 0 aliphatic heterocycles. The molecule has 0 spiro atoms. The Hall–Kier alpha value is -4.06. The van der Waals surface area contributed by atoms with E-state index in [1.54, 1.807) is 6.21 Å². The number of hydrogen-bond acceptors (Lipinski definition) is 4. The van der Waals surface area contributed by atoms with Crippen molar-refractivity contribution in [3.63, 3.8) is 0 Å². The molecule has 0 saturated carbocycles. The van der Waals surface area contributed by atoms with Gasteiger partial charge in [-0.3, -0.25) is 4.79 Å². The number of aromatic hydroxyl groups is 1. The van der Waals surface area contributed by atoms with Crippen molar-refractivity contribution in [1.82, 2.24) is 9.99 Å². The van der Waals surface area contributed by atoms with Gasteiger partial charge in [-0.1, -0.05) is 42.5 Å². The Bertz CT molecular complexity index is 1230. The van der Waals surface area contributed by atoms with Crippen LogP contribution in [0.25, 0.3) is 10.9 Å². The quantitative estimate of drug-likeness (QED) is 0.202. The number of nitrogens with two attached hydrogens (primary N) is 1. The number of fused-ring (bicyclic) bond motifs is 1. The van der Waals surface area contributed by atoms with Crippen LogP contribution >= 0.6 is 0 Å².